The van der Waals surface area contributed by atoms with Gasteiger partial charge in [-0.25, -0.2) is 4.98 Å². The van der Waals surface area contributed by atoms with E-state index in [1.54, 1.807) is 0 Å². The summed E-state index contributed by atoms with van der Waals surface area (Å²) in [5.41, 5.74) is 1.53. The number of aromatic amines is 1. The predicted octanol–water partition coefficient (Wildman–Crippen LogP) is 3.47. The van der Waals surface area contributed by atoms with E-state index < -0.39 is 5.60 Å². The topological polar surface area (TPSA) is 55.0 Å². The fourth-order valence-corrected chi connectivity index (χ4v) is 3.30. The highest BCUT2D eigenvalue weighted by Crippen LogP contribution is 2.46. The van der Waals surface area contributed by atoms with Gasteiger partial charge in [0.05, 0.1) is 0 Å². The SMILES string of the molecule is CCOC1(c2nc(C)c(CC)c(=O)[nH]2)CCC(C)(C)CC1. The third-order valence-electron chi connectivity index (χ3n) is 4.84. The van der Waals surface area contributed by atoms with Crippen molar-refractivity contribution in [1.29, 1.82) is 0 Å². The van der Waals surface area contributed by atoms with E-state index in [9.17, 15) is 4.79 Å². The van der Waals surface area contributed by atoms with Gasteiger partial charge in [-0.05, 0) is 51.4 Å². The molecule has 1 aliphatic rings. The smallest absolute Gasteiger partial charge is 0.254 e. The van der Waals surface area contributed by atoms with E-state index in [0.29, 0.717) is 18.4 Å². The van der Waals surface area contributed by atoms with Crippen molar-refractivity contribution in [3.8, 4) is 0 Å². The van der Waals surface area contributed by atoms with Crippen LogP contribution in [0.2, 0.25) is 0 Å². The zero-order chi connectivity index (χ0) is 15.7. The number of rotatable bonds is 4. The van der Waals surface area contributed by atoms with Gasteiger partial charge in [0, 0.05) is 17.9 Å². The Kier molecular flexibility index (Phi) is 4.57. The molecule has 118 valence electrons. The van der Waals surface area contributed by atoms with Crippen molar-refractivity contribution in [2.45, 2.75) is 72.3 Å². The molecular weight excluding hydrogens is 264 g/mol. The normalized spacial score (nSPS) is 20.4. The Hall–Kier alpha value is -1.16. The van der Waals surface area contributed by atoms with Crippen LogP contribution in [0.25, 0.3) is 0 Å². The molecule has 2 rings (SSSR count). The second-order valence-electron chi connectivity index (χ2n) is 6.92. The lowest BCUT2D eigenvalue weighted by atomic mass is 9.70. The Morgan fingerprint density at radius 3 is 2.29 bits per heavy atom. The maximum absolute atomic E-state index is 12.3. The lowest BCUT2D eigenvalue weighted by Crippen LogP contribution is -2.40. The maximum Gasteiger partial charge on any atom is 0.254 e. The van der Waals surface area contributed by atoms with Crippen molar-refractivity contribution in [3.63, 3.8) is 0 Å². The Morgan fingerprint density at radius 2 is 1.81 bits per heavy atom. The Balaban J connectivity index is 2.42. The molecule has 0 unspecified atom stereocenters. The molecule has 0 saturated heterocycles. The molecule has 4 nitrogen and oxygen atoms in total. The van der Waals surface area contributed by atoms with Crippen molar-refractivity contribution in [1.82, 2.24) is 9.97 Å². The summed E-state index contributed by atoms with van der Waals surface area (Å²) in [6.07, 6.45) is 4.73. The number of nitrogens with one attached hydrogen (secondary N) is 1. The monoisotopic (exact) mass is 292 g/mol. The molecule has 1 heterocycles. The van der Waals surface area contributed by atoms with Crippen LogP contribution in [-0.2, 0) is 16.8 Å². The largest absolute Gasteiger partial charge is 0.367 e. The quantitative estimate of drug-likeness (QED) is 0.924. The lowest BCUT2D eigenvalue weighted by Gasteiger charge is -2.42. The van der Waals surface area contributed by atoms with Gasteiger partial charge in [-0.2, -0.15) is 0 Å². The van der Waals surface area contributed by atoms with E-state index in [0.717, 1.165) is 42.8 Å². The van der Waals surface area contributed by atoms with Crippen LogP contribution in [0, 0.1) is 12.3 Å². The zero-order valence-electron chi connectivity index (χ0n) is 14.0. The van der Waals surface area contributed by atoms with Crippen molar-refractivity contribution in [3.05, 3.63) is 27.4 Å². The molecule has 4 heteroatoms. The second kappa shape index (κ2) is 5.91. The van der Waals surface area contributed by atoms with Gasteiger partial charge in [-0.1, -0.05) is 20.8 Å². The number of aromatic nitrogens is 2. The van der Waals surface area contributed by atoms with Crippen molar-refractivity contribution >= 4 is 0 Å². The number of aryl methyl sites for hydroxylation is 1. The third-order valence-corrected chi connectivity index (χ3v) is 4.84. The van der Waals surface area contributed by atoms with Crippen LogP contribution in [0.3, 0.4) is 0 Å². The highest BCUT2D eigenvalue weighted by molar-refractivity contribution is 5.19. The average molecular weight is 292 g/mol. The summed E-state index contributed by atoms with van der Waals surface area (Å²) in [4.78, 5) is 19.9. The number of H-pyrrole nitrogens is 1. The molecule has 1 saturated carbocycles. The summed E-state index contributed by atoms with van der Waals surface area (Å²) in [7, 11) is 0. The van der Waals surface area contributed by atoms with E-state index >= 15 is 0 Å². The van der Waals surface area contributed by atoms with Crippen LogP contribution < -0.4 is 5.56 Å². The fraction of sp³-hybridized carbons (Fsp3) is 0.765. The minimum atomic E-state index is -0.416. The predicted molar refractivity (Wildman–Crippen MR) is 84.5 cm³/mol. The molecule has 1 aromatic rings. The molecule has 1 fully saturated rings. The summed E-state index contributed by atoms with van der Waals surface area (Å²) < 4.78 is 6.10. The Morgan fingerprint density at radius 1 is 1.19 bits per heavy atom. The molecule has 0 radical (unpaired) electrons. The van der Waals surface area contributed by atoms with E-state index in [2.05, 4.69) is 23.8 Å². The molecule has 0 aliphatic heterocycles. The molecule has 0 amide bonds. The first-order valence-corrected chi connectivity index (χ1v) is 8.08. The number of ether oxygens (including phenoxy) is 1. The number of hydrogen-bond donors (Lipinski definition) is 1. The van der Waals surface area contributed by atoms with Crippen LogP contribution in [0.15, 0.2) is 4.79 Å². The van der Waals surface area contributed by atoms with Gasteiger partial charge in [0.25, 0.3) is 5.56 Å². The molecule has 1 aromatic heterocycles. The first kappa shape index (κ1) is 16.2. The molecule has 1 aliphatic carbocycles. The lowest BCUT2D eigenvalue weighted by molar-refractivity contribution is -0.0950. The van der Waals surface area contributed by atoms with E-state index in [1.165, 1.54) is 0 Å². The zero-order valence-corrected chi connectivity index (χ0v) is 14.0. The summed E-state index contributed by atoms with van der Waals surface area (Å²) in [6, 6.07) is 0. The summed E-state index contributed by atoms with van der Waals surface area (Å²) in [5.74, 6) is 0.722. The first-order chi connectivity index (χ1) is 9.83. The maximum atomic E-state index is 12.3. The molecule has 1 N–H and O–H groups in total. The van der Waals surface area contributed by atoms with E-state index in [4.69, 9.17) is 4.74 Å². The standard InChI is InChI=1S/C17H28N2O2/c1-6-13-12(3)18-15(19-14(13)20)17(21-7-2)10-8-16(4,5)9-11-17/h6-11H2,1-5H3,(H,18,19,20). The Bertz CT molecular complexity index is 550. The van der Waals surface area contributed by atoms with Gasteiger partial charge in [0.1, 0.15) is 11.4 Å². The fourth-order valence-electron chi connectivity index (χ4n) is 3.30. The molecular formula is C17H28N2O2. The first-order valence-electron chi connectivity index (χ1n) is 8.08. The van der Waals surface area contributed by atoms with Crippen molar-refractivity contribution in [2.75, 3.05) is 6.61 Å². The molecule has 0 atom stereocenters. The molecule has 0 bridgehead atoms. The van der Waals surface area contributed by atoms with Gasteiger partial charge in [0.2, 0.25) is 0 Å². The highest BCUT2D eigenvalue weighted by Gasteiger charge is 2.42. The minimum Gasteiger partial charge on any atom is -0.367 e. The van der Waals surface area contributed by atoms with E-state index in [-0.39, 0.29) is 5.56 Å². The van der Waals surface area contributed by atoms with Gasteiger partial charge in [-0.3, -0.25) is 4.79 Å². The third kappa shape index (κ3) is 3.20. The minimum absolute atomic E-state index is 0.0103. The summed E-state index contributed by atoms with van der Waals surface area (Å²) >= 11 is 0. The number of nitrogens with zero attached hydrogens (tertiary/aromatic N) is 1. The average Bonchev–Trinajstić information content (AvgIpc) is 2.41. The number of hydrogen-bond acceptors (Lipinski definition) is 3. The van der Waals surface area contributed by atoms with Crippen LogP contribution in [-0.4, -0.2) is 16.6 Å². The Labute approximate surface area is 127 Å². The molecule has 0 spiro atoms. The van der Waals surface area contributed by atoms with Crippen LogP contribution in [0.5, 0.6) is 0 Å². The summed E-state index contributed by atoms with van der Waals surface area (Å²) in [5, 5.41) is 0. The van der Waals surface area contributed by atoms with Gasteiger partial charge >= 0.3 is 0 Å². The van der Waals surface area contributed by atoms with E-state index in [1.807, 2.05) is 20.8 Å². The second-order valence-corrected chi connectivity index (χ2v) is 6.92. The van der Waals surface area contributed by atoms with Gasteiger partial charge in [0.15, 0.2) is 0 Å². The van der Waals surface area contributed by atoms with Crippen LogP contribution in [0.4, 0.5) is 0 Å². The van der Waals surface area contributed by atoms with Crippen LogP contribution in [0.1, 0.15) is 70.5 Å². The van der Waals surface area contributed by atoms with Gasteiger partial charge in [-0.15, -0.1) is 0 Å². The molecule has 0 aromatic carbocycles. The van der Waals surface area contributed by atoms with Crippen molar-refractivity contribution in [2.24, 2.45) is 5.41 Å². The highest BCUT2D eigenvalue weighted by atomic mass is 16.5. The van der Waals surface area contributed by atoms with Crippen LogP contribution >= 0.6 is 0 Å². The van der Waals surface area contributed by atoms with Crippen molar-refractivity contribution < 1.29 is 4.74 Å². The van der Waals surface area contributed by atoms with Gasteiger partial charge < -0.3 is 9.72 Å². The summed E-state index contributed by atoms with van der Waals surface area (Å²) in [6.45, 7) is 11.1. The molecule has 21 heavy (non-hydrogen) atoms.